The Balaban J connectivity index is 0. The number of hydrogen-bond donors (Lipinski definition) is 1. The van der Waals surface area contributed by atoms with Crippen LogP contribution < -0.4 is 6.15 Å². The fourth-order valence-corrected chi connectivity index (χ4v) is 0.424. The molecular weight excluding hydrogens is 178 g/mol. The van der Waals surface area contributed by atoms with Crippen LogP contribution in [0.3, 0.4) is 0 Å². The minimum Gasteiger partial charge on any atom is -0.434 e. The molecule has 0 aliphatic carbocycles. The van der Waals surface area contributed by atoms with Gasteiger partial charge in [0.15, 0.2) is 0 Å². The highest BCUT2D eigenvalue weighted by Crippen LogP contribution is 1.90. The van der Waals surface area contributed by atoms with Crippen LogP contribution in [0.5, 0.6) is 0 Å². The Morgan fingerprint density at radius 1 is 1.15 bits per heavy atom. The molecule has 0 fully saturated rings. The first kappa shape index (κ1) is 14.1. The summed E-state index contributed by atoms with van der Waals surface area (Å²) in [4.78, 5) is 31.6. The molecule has 0 saturated carbocycles. The van der Waals surface area contributed by atoms with Crippen LogP contribution in [0, 0.1) is 0 Å². The maximum atomic E-state index is 10.6. The summed E-state index contributed by atoms with van der Waals surface area (Å²) in [6, 6.07) is 0. The Morgan fingerprint density at radius 2 is 1.69 bits per heavy atom. The van der Waals surface area contributed by atoms with Gasteiger partial charge in [0.2, 0.25) is 5.78 Å². The maximum absolute atomic E-state index is 10.6. The number of carbonyl (C=O) groups excluding carboxylic acids is 3. The normalized spacial score (nSPS) is 8.15. The minimum absolute atomic E-state index is 0. The molecule has 0 heterocycles. The lowest BCUT2D eigenvalue weighted by atomic mass is 10.3. The van der Waals surface area contributed by atoms with Gasteiger partial charge in [0.1, 0.15) is 0 Å². The lowest BCUT2D eigenvalue weighted by Gasteiger charge is -1.99. The molecule has 0 aromatic rings. The molecule has 0 aliphatic heterocycles. The van der Waals surface area contributed by atoms with E-state index in [-0.39, 0.29) is 19.2 Å². The Bertz CT molecular complexity index is 201. The van der Waals surface area contributed by atoms with Crippen molar-refractivity contribution in [1.29, 1.82) is 0 Å². The van der Waals surface area contributed by atoms with Crippen LogP contribution in [-0.4, -0.2) is 24.5 Å². The summed E-state index contributed by atoms with van der Waals surface area (Å²) in [5, 5.41) is 0. The van der Waals surface area contributed by atoms with Gasteiger partial charge in [-0.15, -0.1) is 0 Å². The van der Waals surface area contributed by atoms with Crippen molar-refractivity contribution >= 4 is 17.9 Å². The van der Waals surface area contributed by atoms with Crippen molar-refractivity contribution in [3.05, 3.63) is 0 Å². The van der Waals surface area contributed by atoms with Crippen molar-refractivity contribution in [1.82, 2.24) is 6.15 Å². The first-order chi connectivity index (χ1) is 5.61. The predicted octanol–water partition coefficient (Wildman–Crippen LogP) is 0.827. The molecule has 6 heteroatoms. The van der Waals surface area contributed by atoms with E-state index in [1.165, 1.54) is 6.92 Å². The molecule has 0 rings (SSSR count). The van der Waals surface area contributed by atoms with Gasteiger partial charge in [-0.1, -0.05) is 6.92 Å². The van der Waals surface area contributed by atoms with Crippen molar-refractivity contribution in [3.8, 4) is 0 Å². The SMILES string of the molecule is CCOC(=O)OC(=O)C(=O)CC.N. The quantitative estimate of drug-likeness (QED) is 0.402. The standard InChI is InChI=1S/C7H10O5.H3N/c1-3-5(8)6(9)12-7(10)11-4-2;/h3-4H2,1-2H3;1H3. The van der Waals surface area contributed by atoms with Crippen molar-refractivity contribution in [3.63, 3.8) is 0 Å². The molecule has 0 aromatic carbocycles. The van der Waals surface area contributed by atoms with E-state index in [1.807, 2.05) is 0 Å². The molecule has 13 heavy (non-hydrogen) atoms. The lowest BCUT2D eigenvalue weighted by Crippen LogP contribution is -2.21. The van der Waals surface area contributed by atoms with E-state index in [4.69, 9.17) is 0 Å². The molecule has 0 aliphatic rings. The van der Waals surface area contributed by atoms with Gasteiger partial charge in [-0.3, -0.25) is 4.79 Å². The first-order valence-electron chi connectivity index (χ1n) is 3.53. The second-order valence-corrected chi connectivity index (χ2v) is 1.85. The molecule has 6 nitrogen and oxygen atoms in total. The Labute approximate surface area is 75.8 Å². The Hall–Kier alpha value is -1.43. The number of ketones is 1. The fraction of sp³-hybridized carbons (Fsp3) is 0.571. The molecular formula is C7H13NO5. The summed E-state index contributed by atoms with van der Waals surface area (Å²) in [5.74, 6) is -1.92. The topological polar surface area (TPSA) is 105 Å². The predicted molar refractivity (Wildman–Crippen MR) is 43.4 cm³/mol. The molecule has 0 unspecified atom stereocenters. The molecule has 0 saturated heterocycles. The molecule has 0 radical (unpaired) electrons. The highest BCUT2D eigenvalue weighted by molar-refractivity contribution is 6.34. The summed E-state index contributed by atoms with van der Waals surface area (Å²) >= 11 is 0. The molecule has 0 aromatic heterocycles. The number of ether oxygens (including phenoxy) is 2. The van der Waals surface area contributed by atoms with Crippen LogP contribution in [0.15, 0.2) is 0 Å². The summed E-state index contributed by atoms with van der Waals surface area (Å²) in [5.41, 5.74) is 0. The van der Waals surface area contributed by atoms with E-state index in [2.05, 4.69) is 9.47 Å². The third kappa shape index (κ3) is 5.80. The van der Waals surface area contributed by atoms with Crippen LogP contribution in [0.2, 0.25) is 0 Å². The number of hydrogen-bond acceptors (Lipinski definition) is 6. The summed E-state index contributed by atoms with van der Waals surface area (Å²) in [7, 11) is 0. The molecule has 0 amide bonds. The van der Waals surface area contributed by atoms with Crippen molar-refractivity contribution in [2.75, 3.05) is 6.61 Å². The second kappa shape index (κ2) is 7.23. The van der Waals surface area contributed by atoms with Gasteiger partial charge < -0.3 is 15.6 Å². The third-order valence-corrected chi connectivity index (χ3v) is 0.987. The van der Waals surface area contributed by atoms with Crippen molar-refractivity contribution in [2.45, 2.75) is 20.3 Å². The average molecular weight is 191 g/mol. The zero-order valence-electron chi connectivity index (χ0n) is 7.66. The highest BCUT2D eigenvalue weighted by atomic mass is 16.7. The third-order valence-electron chi connectivity index (χ3n) is 0.987. The largest absolute Gasteiger partial charge is 0.516 e. The van der Waals surface area contributed by atoms with E-state index in [0.29, 0.717) is 0 Å². The molecule has 0 bridgehead atoms. The highest BCUT2D eigenvalue weighted by Gasteiger charge is 2.17. The van der Waals surface area contributed by atoms with E-state index in [9.17, 15) is 14.4 Å². The summed E-state index contributed by atoms with van der Waals surface area (Å²) in [6.07, 6.45) is -1.12. The summed E-state index contributed by atoms with van der Waals surface area (Å²) in [6.45, 7) is 3.16. The van der Waals surface area contributed by atoms with E-state index < -0.39 is 17.9 Å². The lowest BCUT2D eigenvalue weighted by molar-refractivity contribution is -0.150. The van der Waals surface area contributed by atoms with Crippen LogP contribution in [0.1, 0.15) is 20.3 Å². The molecule has 0 atom stereocenters. The molecule has 3 N–H and O–H groups in total. The number of Topliss-reactive ketones (excluding diaryl/α,β-unsaturated/α-hetero) is 1. The number of carbonyl (C=O) groups is 3. The first-order valence-corrected chi connectivity index (χ1v) is 3.53. The van der Waals surface area contributed by atoms with Crippen molar-refractivity contribution < 1.29 is 23.9 Å². The van der Waals surface area contributed by atoms with Crippen LogP contribution in [0.4, 0.5) is 4.79 Å². The molecule has 76 valence electrons. The molecule has 0 spiro atoms. The zero-order chi connectivity index (χ0) is 9.56. The van der Waals surface area contributed by atoms with Crippen LogP contribution >= 0.6 is 0 Å². The van der Waals surface area contributed by atoms with Gasteiger partial charge in [-0.25, -0.2) is 9.59 Å². The van der Waals surface area contributed by atoms with E-state index >= 15 is 0 Å². The van der Waals surface area contributed by atoms with Gasteiger partial charge >= 0.3 is 12.1 Å². The van der Waals surface area contributed by atoms with Gasteiger partial charge in [0.05, 0.1) is 6.61 Å². The number of esters is 1. The van der Waals surface area contributed by atoms with Gasteiger partial charge in [0.25, 0.3) is 0 Å². The van der Waals surface area contributed by atoms with Gasteiger partial charge in [-0.2, -0.15) is 0 Å². The van der Waals surface area contributed by atoms with E-state index in [1.54, 1.807) is 6.92 Å². The monoisotopic (exact) mass is 191 g/mol. The van der Waals surface area contributed by atoms with E-state index in [0.717, 1.165) is 0 Å². The fourth-order valence-electron chi connectivity index (χ4n) is 0.424. The Morgan fingerprint density at radius 3 is 2.08 bits per heavy atom. The van der Waals surface area contributed by atoms with Crippen molar-refractivity contribution in [2.24, 2.45) is 0 Å². The average Bonchev–Trinajstić information content (AvgIpc) is 2.03. The van der Waals surface area contributed by atoms with Gasteiger partial charge in [-0.05, 0) is 6.92 Å². The summed E-state index contributed by atoms with van der Waals surface area (Å²) < 4.78 is 8.27. The van der Waals surface area contributed by atoms with Crippen LogP contribution in [0.25, 0.3) is 0 Å². The minimum atomic E-state index is -1.17. The smallest absolute Gasteiger partial charge is 0.434 e. The number of rotatable bonds is 3. The van der Waals surface area contributed by atoms with Gasteiger partial charge in [0, 0.05) is 6.42 Å². The second-order valence-electron chi connectivity index (χ2n) is 1.85. The maximum Gasteiger partial charge on any atom is 0.516 e. The van der Waals surface area contributed by atoms with Crippen LogP contribution in [-0.2, 0) is 19.1 Å². The zero-order valence-corrected chi connectivity index (χ0v) is 7.66. The Kier molecular flexibility index (Phi) is 7.85.